The summed E-state index contributed by atoms with van der Waals surface area (Å²) >= 11 is 0. The average Bonchev–Trinajstić information content (AvgIpc) is 2.78. The number of rotatable bonds is 5. The first kappa shape index (κ1) is 11.5. The molecule has 0 fully saturated rings. The SMILES string of the molecule is CCCNc1cc(C)nc(Cn2cncn2)n1. The summed E-state index contributed by atoms with van der Waals surface area (Å²) in [5, 5.41) is 7.30. The summed E-state index contributed by atoms with van der Waals surface area (Å²) in [6.07, 6.45) is 4.23. The molecule has 6 nitrogen and oxygen atoms in total. The molecule has 0 bridgehead atoms. The molecule has 0 aliphatic heterocycles. The summed E-state index contributed by atoms with van der Waals surface area (Å²) in [6.45, 7) is 5.54. The molecule has 0 amide bonds. The highest BCUT2D eigenvalue weighted by atomic mass is 15.3. The Kier molecular flexibility index (Phi) is 3.64. The van der Waals surface area contributed by atoms with Gasteiger partial charge in [-0.15, -0.1) is 0 Å². The lowest BCUT2D eigenvalue weighted by atomic mass is 10.4. The van der Waals surface area contributed by atoms with Crippen molar-refractivity contribution < 1.29 is 0 Å². The molecule has 0 spiro atoms. The molecule has 0 radical (unpaired) electrons. The van der Waals surface area contributed by atoms with Gasteiger partial charge in [-0.25, -0.2) is 19.6 Å². The molecule has 2 aromatic rings. The Balaban J connectivity index is 2.13. The zero-order chi connectivity index (χ0) is 12.1. The predicted molar refractivity (Wildman–Crippen MR) is 64.7 cm³/mol. The van der Waals surface area contributed by atoms with Crippen molar-refractivity contribution >= 4 is 5.82 Å². The van der Waals surface area contributed by atoms with E-state index in [0.29, 0.717) is 6.54 Å². The van der Waals surface area contributed by atoms with Crippen molar-refractivity contribution in [3.05, 3.63) is 30.2 Å². The van der Waals surface area contributed by atoms with E-state index in [1.807, 2.05) is 13.0 Å². The van der Waals surface area contributed by atoms with Crippen LogP contribution < -0.4 is 5.32 Å². The second kappa shape index (κ2) is 5.38. The van der Waals surface area contributed by atoms with Crippen LogP contribution in [0.5, 0.6) is 0 Å². The number of aryl methyl sites for hydroxylation is 1. The van der Waals surface area contributed by atoms with Gasteiger partial charge in [-0.1, -0.05) is 6.92 Å². The van der Waals surface area contributed by atoms with Gasteiger partial charge >= 0.3 is 0 Å². The maximum atomic E-state index is 4.44. The van der Waals surface area contributed by atoms with Crippen molar-refractivity contribution in [2.45, 2.75) is 26.8 Å². The molecule has 1 N–H and O–H groups in total. The molecule has 0 unspecified atom stereocenters. The van der Waals surface area contributed by atoms with Crippen molar-refractivity contribution in [2.24, 2.45) is 0 Å². The molecular weight excluding hydrogens is 216 g/mol. The zero-order valence-electron chi connectivity index (χ0n) is 10.1. The van der Waals surface area contributed by atoms with Crippen molar-refractivity contribution in [1.29, 1.82) is 0 Å². The smallest absolute Gasteiger partial charge is 0.152 e. The normalized spacial score (nSPS) is 10.5. The zero-order valence-corrected chi connectivity index (χ0v) is 10.1. The van der Waals surface area contributed by atoms with E-state index in [9.17, 15) is 0 Å². The van der Waals surface area contributed by atoms with Gasteiger partial charge in [-0.3, -0.25) is 0 Å². The molecule has 0 aliphatic rings. The van der Waals surface area contributed by atoms with Crippen molar-refractivity contribution in [1.82, 2.24) is 24.7 Å². The van der Waals surface area contributed by atoms with E-state index in [4.69, 9.17) is 0 Å². The second-order valence-corrected chi connectivity index (χ2v) is 3.83. The molecule has 0 saturated heterocycles. The summed E-state index contributed by atoms with van der Waals surface area (Å²) in [5.74, 6) is 1.61. The monoisotopic (exact) mass is 232 g/mol. The number of anilines is 1. The minimum atomic E-state index is 0.544. The van der Waals surface area contributed by atoms with E-state index in [0.717, 1.165) is 30.3 Å². The highest BCUT2D eigenvalue weighted by molar-refractivity contribution is 5.35. The second-order valence-electron chi connectivity index (χ2n) is 3.83. The van der Waals surface area contributed by atoms with E-state index < -0.39 is 0 Å². The molecule has 0 atom stereocenters. The lowest BCUT2D eigenvalue weighted by molar-refractivity contribution is 0.651. The van der Waals surface area contributed by atoms with Gasteiger partial charge in [0.25, 0.3) is 0 Å². The first-order valence-corrected chi connectivity index (χ1v) is 5.69. The largest absolute Gasteiger partial charge is 0.370 e. The number of aromatic nitrogens is 5. The fourth-order valence-corrected chi connectivity index (χ4v) is 1.50. The molecule has 90 valence electrons. The van der Waals surface area contributed by atoms with Crippen LogP contribution in [0.1, 0.15) is 24.9 Å². The Morgan fingerprint density at radius 2 is 2.24 bits per heavy atom. The Bertz CT molecular complexity index is 465. The minimum absolute atomic E-state index is 0.544. The third-order valence-electron chi connectivity index (χ3n) is 2.23. The molecule has 6 heteroatoms. The van der Waals surface area contributed by atoms with Gasteiger partial charge in [0.05, 0.1) is 0 Å². The van der Waals surface area contributed by atoms with Gasteiger partial charge < -0.3 is 5.32 Å². The van der Waals surface area contributed by atoms with E-state index in [1.165, 1.54) is 6.33 Å². The highest BCUT2D eigenvalue weighted by Crippen LogP contribution is 2.07. The van der Waals surface area contributed by atoms with E-state index in [1.54, 1.807) is 11.0 Å². The number of hydrogen-bond acceptors (Lipinski definition) is 5. The van der Waals surface area contributed by atoms with Crippen LogP contribution >= 0.6 is 0 Å². The summed E-state index contributed by atoms with van der Waals surface area (Å²) < 4.78 is 1.71. The summed E-state index contributed by atoms with van der Waals surface area (Å²) in [7, 11) is 0. The number of nitrogens with zero attached hydrogens (tertiary/aromatic N) is 5. The predicted octanol–water partition coefficient (Wildman–Crippen LogP) is 1.25. The number of hydrogen-bond donors (Lipinski definition) is 1. The Morgan fingerprint density at radius 3 is 2.94 bits per heavy atom. The fourth-order valence-electron chi connectivity index (χ4n) is 1.50. The fraction of sp³-hybridized carbons (Fsp3) is 0.455. The van der Waals surface area contributed by atoms with Crippen LogP contribution in [0.4, 0.5) is 5.82 Å². The maximum absolute atomic E-state index is 4.44. The third-order valence-corrected chi connectivity index (χ3v) is 2.23. The molecule has 2 rings (SSSR count). The van der Waals surface area contributed by atoms with Gasteiger partial charge in [0, 0.05) is 18.3 Å². The lowest BCUT2D eigenvalue weighted by Crippen LogP contribution is -2.09. The topological polar surface area (TPSA) is 68.5 Å². The van der Waals surface area contributed by atoms with Crippen LogP contribution in [0.25, 0.3) is 0 Å². The quantitative estimate of drug-likeness (QED) is 0.840. The van der Waals surface area contributed by atoms with Gasteiger partial charge in [0.2, 0.25) is 0 Å². The molecule has 2 aromatic heterocycles. The molecular formula is C11H16N6. The number of nitrogens with one attached hydrogen (secondary N) is 1. The third kappa shape index (κ3) is 3.24. The minimum Gasteiger partial charge on any atom is -0.370 e. The Morgan fingerprint density at radius 1 is 1.35 bits per heavy atom. The molecule has 0 aliphatic carbocycles. The first-order valence-electron chi connectivity index (χ1n) is 5.69. The van der Waals surface area contributed by atoms with Gasteiger partial charge in [0.15, 0.2) is 5.82 Å². The van der Waals surface area contributed by atoms with Gasteiger partial charge in [-0.2, -0.15) is 5.10 Å². The van der Waals surface area contributed by atoms with Crippen LogP contribution in [-0.2, 0) is 6.54 Å². The van der Waals surface area contributed by atoms with Crippen LogP contribution in [-0.4, -0.2) is 31.3 Å². The van der Waals surface area contributed by atoms with E-state index in [-0.39, 0.29) is 0 Å². The van der Waals surface area contributed by atoms with Gasteiger partial charge in [-0.05, 0) is 13.3 Å². The van der Waals surface area contributed by atoms with Crippen LogP contribution in [0.2, 0.25) is 0 Å². The highest BCUT2D eigenvalue weighted by Gasteiger charge is 2.03. The Hall–Kier alpha value is -1.98. The molecule has 0 saturated carbocycles. The summed E-state index contributed by atoms with van der Waals surface area (Å²) in [6, 6.07) is 1.94. The summed E-state index contributed by atoms with van der Waals surface area (Å²) in [4.78, 5) is 12.7. The van der Waals surface area contributed by atoms with Gasteiger partial charge in [0.1, 0.15) is 25.0 Å². The van der Waals surface area contributed by atoms with Crippen molar-refractivity contribution in [2.75, 3.05) is 11.9 Å². The Labute approximate surface area is 100 Å². The van der Waals surface area contributed by atoms with Crippen LogP contribution in [0, 0.1) is 6.92 Å². The van der Waals surface area contributed by atoms with E-state index in [2.05, 4.69) is 32.3 Å². The molecule has 2 heterocycles. The maximum Gasteiger partial charge on any atom is 0.152 e. The average molecular weight is 232 g/mol. The van der Waals surface area contributed by atoms with Crippen LogP contribution in [0.3, 0.4) is 0 Å². The summed E-state index contributed by atoms with van der Waals surface area (Å²) in [5.41, 5.74) is 0.953. The lowest BCUT2D eigenvalue weighted by Gasteiger charge is -2.07. The van der Waals surface area contributed by atoms with Crippen LogP contribution in [0.15, 0.2) is 18.7 Å². The van der Waals surface area contributed by atoms with Crippen molar-refractivity contribution in [3.8, 4) is 0 Å². The molecule has 0 aromatic carbocycles. The van der Waals surface area contributed by atoms with Crippen molar-refractivity contribution in [3.63, 3.8) is 0 Å². The standard InChI is InChI=1S/C11H16N6/c1-3-4-13-10-5-9(2)15-11(16-10)6-17-8-12-7-14-17/h5,7-8H,3-4,6H2,1-2H3,(H,13,15,16). The first-order chi connectivity index (χ1) is 8.28. The van der Waals surface area contributed by atoms with E-state index >= 15 is 0 Å². The molecule has 17 heavy (non-hydrogen) atoms.